The molecular weight excluding hydrogens is 228 g/mol. The Morgan fingerprint density at radius 2 is 1.82 bits per heavy atom. The van der Waals surface area contributed by atoms with Crippen molar-refractivity contribution in [1.82, 2.24) is 10.6 Å². The van der Waals surface area contributed by atoms with Crippen molar-refractivity contribution in [2.24, 2.45) is 11.8 Å². The zero-order chi connectivity index (χ0) is 11.7. The van der Waals surface area contributed by atoms with Crippen molar-refractivity contribution in [1.29, 1.82) is 0 Å². The van der Waals surface area contributed by atoms with Gasteiger partial charge in [-0.3, -0.25) is 0 Å². The lowest BCUT2D eigenvalue weighted by Crippen LogP contribution is -2.47. The summed E-state index contributed by atoms with van der Waals surface area (Å²) in [5, 5.41) is 7.92. The van der Waals surface area contributed by atoms with Gasteiger partial charge in [-0.25, -0.2) is 0 Å². The van der Waals surface area contributed by atoms with Crippen molar-refractivity contribution < 1.29 is 0 Å². The van der Waals surface area contributed by atoms with Crippen LogP contribution in [-0.4, -0.2) is 17.2 Å². The van der Waals surface area contributed by atoms with Gasteiger partial charge in [0.25, 0.3) is 0 Å². The SMILES string of the molecule is S=C(NC1CCCCC1)N[C@H]1C[C@@H]2C=C[C@H]1C2. The first-order valence-corrected chi connectivity index (χ1v) is 7.47. The topological polar surface area (TPSA) is 24.1 Å². The second-order valence-electron chi connectivity index (χ2n) is 5.84. The molecule has 94 valence electrons. The van der Waals surface area contributed by atoms with E-state index in [1.54, 1.807) is 0 Å². The minimum Gasteiger partial charge on any atom is -0.360 e. The maximum Gasteiger partial charge on any atom is 0.166 e. The average molecular weight is 250 g/mol. The highest BCUT2D eigenvalue weighted by Crippen LogP contribution is 2.38. The Labute approximate surface area is 109 Å². The van der Waals surface area contributed by atoms with E-state index in [-0.39, 0.29) is 0 Å². The molecule has 0 aromatic heterocycles. The Bertz CT molecular complexity index is 320. The fourth-order valence-electron chi connectivity index (χ4n) is 3.59. The molecule has 3 rings (SSSR count). The van der Waals surface area contributed by atoms with Gasteiger partial charge in [0, 0.05) is 12.1 Å². The zero-order valence-electron chi connectivity index (χ0n) is 10.3. The summed E-state index contributed by atoms with van der Waals surface area (Å²) in [4.78, 5) is 0. The molecule has 0 aromatic rings. The first-order valence-electron chi connectivity index (χ1n) is 7.06. The van der Waals surface area contributed by atoms with Crippen molar-refractivity contribution in [3.05, 3.63) is 12.2 Å². The Hall–Kier alpha value is -0.570. The van der Waals surface area contributed by atoms with Crippen LogP contribution in [0.2, 0.25) is 0 Å². The average Bonchev–Trinajstić information content (AvgIpc) is 2.92. The monoisotopic (exact) mass is 250 g/mol. The molecule has 2 N–H and O–H groups in total. The van der Waals surface area contributed by atoms with Crippen LogP contribution in [0.15, 0.2) is 12.2 Å². The summed E-state index contributed by atoms with van der Waals surface area (Å²) in [6.45, 7) is 0. The highest BCUT2D eigenvalue weighted by molar-refractivity contribution is 7.80. The van der Waals surface area contributed by atoms with E-state index in [1.807, 2.05) is 0 Å². The Balaban J connectivity index is 1.45. The zero-order valence-corrected chi connectivity index (χ0v) is 11.1. The van der Waals surface area contributed by atoms with Crippen LogP contribution in [0.4, 0.5) is 0 Å². The van der Waals surface area contributed by atoms with Crippen molar-refractivity contribution in [2.75, 3.05) is 0 Å². The molecule has 3 aliphatic carbocycles. The molecule has 2 fully saturated rings. The largest absolute Gasteiger partial charge is 0.360 e. The summed E-state index contributed by atoms with van der Waals surface area (Å²) >= 11 is 5.44. The normalized spacial score (nSPS) is 36.1. The van der Waals surface area contributed by atoms with Gasteiger partial charge in [-0.1, -0.05) is 31.4 Å². The van der Waals surface area contributed by atoms with Crippen LogP contribution in [0.25, 0.3) is 0 Å². The predicted molar refractivity (Wildman–Crippen MR) is 74.9 cm³/mol. The highest BCUT2D eigenvalue weighted by Gasteiger charge is 2.35. The molecule has 0 saturated heterocycles. The third kappa shape index (κ3) is 2.65. The first-order chi connectivity index (χ1) is 8.31. The number of thiocarbonyl (C=S) groups is 1. The van der Waals surface area contributed by atoms with Crippen LogP contribution in [0.1, 0.15) is 44.9 Å². The summed E-state index contributed by atoms with van der Waals surface area (Å²) < 4.78 is 0. The maximum atomic E-state index is 5.44. The number of rotatable bonds is 2. The van der Waals surface area contributed by atoms with E-state index < -0.39 is 0 Å². The van der Waals surface area contributed by atoms with Crippen molar-refractivity contribution in [3.63, 3.8) is 0 Å². The van der Waals surface area contributed by atoms with Gasteiger partial charge in [-0.2, -0.15) is 0 Å². The lowest BCUT2D eigenvalue weighted by Gasteiger charge is -2.27. The predicted octanol–water partition coefficient (Wildman–Crippen LogP) is 2.75. The molecule has 17 heavy (non-hydrogen) atoms. The summed E-state index contributed by atoms with van der Waals surface area (Å²) in [6, 6.07) is 1.21. The first kappa shape index (κ1) is 11.5. The van der Waals surface area contributed by atoms with E-state index in [4.69, 9.17) is 12.2 Å². The van der Waals surface area contributed by atoms with Gasteiger partial charge >= 0.3 is 0 Å². The van der Waals surface area contributed by atoms with Gasteiger partial charge in [0.1, 0.15) is 0 Å². The molecule has 0 unspecified atom stereocenters. The number of hydrogen-bond donors (Lipinski definition) is 2. The van der Waals surface area contributed by atoms with E-state index >= 15 is 0 Å². The molecule has 0 spiro atoms. The smallest absolute Gasteiger partial charge is 0.166 e. The van der Waals surface area contributed by atoms with E-state index in [2.05, 4.69) is 22.8 Å². The summed E-state index contributed by atoms with van der Waals surface area (Å²) in [7, 11) is 0. The molecule has 0 aliphatic heterocycles. The second kappa shape index (κ2) is 4.97. The molecule has 3 atom stereocenters. The van der Waals surface area contributed by atoms with E-state index in [1.165, 1.54) is 44.9 Å². The van der Waals surface area contributed by atoms with Crippen LogP contribution >= 0.6 is 12.2 Å². The van der Waals surface area contributed by atoms with E-state index in [9.17, 15) is 0 Å². The summed E-state index contributed by atoms with van der Waals surface area (Å²) in [5.41, 5.74) is 0. The molecule has 0 amide bonds. The lowest BCUT2D eigenvalue weighted by atomic mass is 9.96. The van der Waals surface area contributed by atoms with Gasteiger partial charge in [0.2, 0.25) is 0 Å². The van der Waals surface area contributed by atoms with E-state index in [0.717, 1.165) is 16.9 Å². The van der Waals surface area contributed by atoms with Crippen LogP contribution < -0.4 is 10.6 Å². The fraction of sp³-hybridized carbons (Fsp3) is 0.786. The van der Waals surface area contributed by atoms with Gasteiger partial charge in [0.05, 0.1) is 0 Å². The Morgan fingerprint density at radius 3 is 2.47 bits per heavy atom. The number of nitrogens with one attached hydrogen (secondary N) is 2. The van der Waals surface area contributed by atoms with E-state index in [0.29, 0.717) is 12.1 Å². The molecule has 3 heteroatoms. The molecule has 2 saturated carbocycles. The quantitative estimate of drug-likeness (QED) is 0.582. The summed E-state index contributed by atoms with van der Waals surface area (Å²) in [6.07, 6.45) is 14.0. The third-order valence-corrected chi connectivity index (χ3v) is 4.77. The third-order valence-electron chi connectivity index (χ3n) is 4.54. The van der Waals surface area contributed by atoms with Crippen LogP contribution in [0, 0.1) is 11.8 Å². The van der Waals surface area contributed by atoms with Crippen LogP contribution in [-0.2, 0) is 0 Å². The fourth-order valence-corrected chi connectivity index (χ4v) is 3.91. The molecule has 2 nitrogen and oxygen atoms in total. The molecule has 0 radical (unpaired) electrons. The molecule has 3 aliphatic rings. The van der Waals surface area contributed by atoms with Gasteiger partial charge in [0.15, 0.2) is 5.11 Å². The van der Waals surface area contributed by atoms with Gasteiger partial charge in [-0.15, -0.1) is 0 Å². The lowest BCUT2D eigenvalue weighted by molar-refractivity contribution is 0.408. The second-order valence-corrected chi connectivity index (χ2v) is 6.25. The molecule has 2 bridgehead atoms. The van der Waals surface area contributed by atoms with Gasteiger partial charge < -0.3 is 10.6 Å². The minimum atomic E-state index is 0.591. The highest BCUT2D eigenvalue weighted by atomic mass is 32.1. The van der Waals surface area contributed by atoms with Crippen molar-refractivity contribution in [3.8, 4) is 0 Å². The number of allylic oxidation sites excluding steroid dienone is 1. The molecular formula is C14H22N2S. The number of fused-ring (bicyclic) bond motifs is 2. The van der Waals surface area contributed by atoms with Crippen LogP contribution in [0.5, 0.6) is 0 Å². The summed E-state index contributed by atoms with van der Waals surface area (Å²) in [5.74, 6) is 1.54. The number of hydrogen-bond acceptors (Lipinski definition) is 1. The Morgan fingerprint density at radius 1 is 1.00 bits per heavy atom. The van der Waals surface area contributed by atoms with Crippen molar-refractivity contribution in [2.45, 2.75) is 57.0 Å². The van der Waals surface area contributed by atoms with Crippen molar-refractivity contribution >= 4 is 17.3 Å². The Kier molecular flexibility index (Phi) is 3.37. The molecule has 0 heterocycles. The maximum absolute atomic E-state index is 5.44. The standard InChI is InChI=1S/C14H22N2S/c17-14(15-12-4-2-1-3-5-12)16-13-9-10-6-7-11(13)8-10/h6-7,10-13H,1-5,8-9H2,(H2,15,16,17)/t10-,11+,13+/m1/s1. The van der Waals surface area contributed by atoms with Gasteiger partial charge in [-0.05, 0) is 49.7 Å². The van der Waals surface area contributed by atoms with Crippen LogP contribution in [0.3, 0.4) is 0 Å². The molecule has 0 aromatic carbocycles. The minimum absolute atomic E-state index is 0.591.